The number of likely N-dealkylation sites (tertiary alicyclic amines) is 1. The fraction of sp³-hybridized carbons (Fsp3) is 0.824. The Morgan fingerprint density at radius 3 is 2.81 bits per heavy atom. The topological polar surface area (TPSA) is 41.3 Å². The summed E-state index contributed by atoms with van der Waals surface area (Å²) in [6, 6.07) is 1.48. The Hall–Kier alpha value is -0.870. The largest absolute Gasteiger partial charge is 0.394 e. The third-order valence-electron chi connectivity index (χ3n) is 5.25. The van der Waals surface area contributed by atoms with Crippen LogP contribution in [-0.2, 0) is 12.8 Å². The van der Waals surface area contributed by atoms with Crippen molar-refractivity contribution in [3.8, 4) is 0 Å². The summed E-state index contributed by atoms with van der Waals surface area (Å²) in [5.41, 5.74) is 1.32. The van der Waals surface area contributed by atoms with Crippen LogP contribution < -0.4 is 0 Å². The zero-order valence-corrected chi connectivity index (χ0v) is 13.5. The highest BCUT2D eigenvalue weighted by atomic mass is 16.3. The molecule has 1 fully saturated rings. The van der Waals surface area contributed by atoms with Crippen LogP contribution in [0.3, 0.4) is 0 Å². The van der Waals surface area contributed by atoms with E-state index >= 15 is 0 Å². The summed E-state index contributed by atoms with van der Waals surface area (Å²) in [6.45, 7) is 6.07. The predicted octanol–water partition coefficient (Wildman–Crippen LogP) is 2.56. The van der Waals surface area contributed by atoms with Crippen molar-refractivity contribution in [2.24, 2.45) is 0 Å². The van der Waals surface area contributed by atoms with Gasteiger partial charge < -0.3 is 9.67 Å². The van der Waals surface area contributed by atoms with Gasteiger partial charge in [-0.05, 0) is 52.5 Å². The first-order chi connectivity index (χ1) is 10.2. The number of aliphatic hydroxyl groups excluding tert-OH is 1. The molecule has 0 amide bonds. The molecule has 2 aliphatic heterocycles. The Bertz CT molecular complexity index is 469. The van der Waals surface area contributed by atoms with Crippen molar-refractivity contribution >= 4 is 0 Å². The molecule has 1 saturated heterocycles. The molecule has 2 unspecified atom stereocenters. The lowest BCUT2D eigenvalue weighted by atomic mass is 9.96. The molecule has 2 aliphatic rings. The molecule has 2 atom stereocenters. The zero-order chi connectivity index (χ0) is 14.8. The molecule has 21 heavy (non-hydrogen) atoms. The van der Waals surface area contributed by atoms with Gasteiger partial charge in [-0.15, -0.1) is 0 Å². The van der Waals surface area contributed by atoms with Gasteiger partial charge in [-0.1, -0.05) is 6.42 Å². The molecular formula is C17H29N3O. The molecular weight excluding hydrogens is 262 g/mol. The van der Waals surface area contributed by atoms with E-state index in [0.717, 1.165) is 19.3 Å². The minimum Gasteiger partial charge on any atom is -0.394 e. The Morgan fingerprint density at radius 1 is 1.24 bits per heavy atom. The van der Waals surface area contributed by atoms with Crippen LogP contribution in [0.4, 0.5) is 0 Å². The molecule has 0 spiro atoms. The Labute approximate surface area is 128 Å². The number of piperidine rings is 1. The van der Waals surface area contributed by atoms with Crippen LogP contribution in [0.2, 0.25) is 0 Å². The minimum absolute atomic E-state index is 0.245. The molecule has 0 bridgehead atoms. The van der Waals surface area contributed by atoms with Gasteiger partial charge in [-0.25, -0.2) is 4.98 Å². The Balaban J connectivity index is 1.80. The van der Waals surface area contributed by atoms with E-state index in [0.29, 0.717) is 12.1 Å². The number of aryl methyl sites for hydroxylation is 1. The number of hydrogen-bond donors (Lipinski definition) is 1. The third kappa shape index (κ3) is 3.02. The van der Waals surface area contributed by atoms with Crippen LogP contribution in [0.25, 0.3) is 0 Å². The highest BCUT2D eigenvalue weighted by molar-refractivity contribution is 5.12. The summed E-state index contributed by atoms with van der Waals surface area (Å²) in [7, 11) is 0. The van der Waals surface area contributed by atoms with Gasteiger partial charge in [-0.3, -0.25) is 4.90 Å². The molecule has 1 aromatic heterocycles. The predicted molar refractivity (Wildman–Crippen MR) is 84.5 cm³/mol. The van der Waals surface area contributed by atoms with E-state index in [1.807, 2.05) is 6.20 Å². The molecule has 4 nitrogen and oxygen atoms in total. The van der Waals surface area contributed by atoms with Crippen LogP contribution in [0.1, 0.15) is 63.5 Å². The van der Waals surface area contributed by atoms with Gasteiger partial charge in [0, 0.05) is 30.4 Å². The average Bonchev–Trinajstić information content (AvgIpc) is 2.91. The van der Waals surface area contributed by atoms with Crippen molar-refractivity contribution < 1.29 is 5.11 Å². The van der Waals surface area contributed by atoms with E-state index in [4.69, 9.17) is 4.98 Å². The van der Waals surface area contributed by atoms with Crippen molar-refractivity contribution in [2.45, 2.75) is 76.9 Å². The van der Waals surface area contributed by atoms with E-state index in [1.54, 1.807) is 0 Å². The number of aromatic nitrogens is 2. The molecule has 0 aliphatic carbocycles. The molecule has 3 heterocycles. The van der Waals surface area contributed by atoms with Gasteiger partial charge in [-0.2, -0.15) is 0 Å². The molecule has 118 valence electrons. The number of nitrogens with zero attached hydrogens (tertiary/aromatic N) is 3. The molecule has 4 heteroatoms. The first-order valence-corrected chi connectivity index (χ1v) is 8.62. The van der Waals surface area contributed by atoms with Gasteiger partial charge >= 0.3 is 0 Å². The van der Waals surface area contributed by atoms with Crippen LogP contribution in [-0.4, -0.2) is 44.8 Å². The van der Waals surface area contributed by atoms with Gasteiger partial charge in [0.2, 0.25) is 0 Å². The standard InChI is InChI=1S/C17H29N3O/c1-13(2)19-9-4-3-6-14(19)10-17-18-11-15-7-5-8-16(12-21)20(15)17/h11,13-14,16,21H,3-10,12H2,1-2H3. The van der Waals surface area contributed by atoms with Crippen LogP contribution in [0.5, 0.6) is 0 Å². The molecule has 0 radical (unpaired) electrons. The highest BCUT2D eigenvalue weighted by Crippen LogP contribution is 2.29. The lowest BCUT2D eigenvalue weighted by Crippen LogP contribution is -2.45. The maximum absolute atomic E-state index is 9.67. The second kappa shape index (κ2) is 6.49. The van der Waals surface area contributed by atoms with Crippen LogP contribution in [0, 0.1) is 0 Å². The van der Waals surface area contributed by atoms with E-state index in [9.17, 15) is 5.11 Å². The van der Waals surface area contributed by atoms with Crippen molar-refractivity contribution in [1.29, 1.82) is 0 Å². The van der Waals surface area contributed by atoms with E-state index in [2.05, 4.69) is 23.3 Å². The fourth-order valence-corrected chi connectivity index (χ4v) is 4.17. The van der Waals surface area contributed by atoms with Crippen molar-refractivity contribution in [1.82, 2.24) is 14.5 Å². The monoisotopic (exact) mass is 291 g/mol. The lowest BCUT2D eigenvalue weighted by molar-refractivity contribution is 0.108. The quantitative estimate of drug-likeness (QED) is 0.927. The summed E-state index contributed by atoms with van der Waals surface area (Å²) < 4.78 is 2.34. The third-order valence-corrected chi connectivity index (χ3v) is 5.25. The minimum atomic E-state index is 0.245. The fourth-order valence-electron chi connectivity index (χ4n) is 4.17. The van der Waals surface area contributed by atoms with Crippen molar-refractivity contribution in [3.63, 3.8) is 0 Å². The maximum Gasteiger partial charge on any atom is 0.110 e. The summed E-state index contributed by atoms with van der Waals surface area (Å²) in [5, 5.41) is 9.67. The maximum atomic E-state index is 9.67. The lowest BCUT2D eigenvalue weighted by Gasteiger charge is -2.39. The summed E-state index contributed by atoms with van der Waals surface area (Å²) >= 11 is 0. The average molecular weight is 291 g/mol. The Kier molecular flexibility index (Phi) is 4.65. The summed E-state index contributed by atoms with van der Waals surface area (Å²) in [5.74, 6) is 1.20. The smallest absolute Gasteiger partial charge is 0.110 e. The van der Waals surface area contributed by atoms with Gasteiger partial charge in [0.05, 0.1) is 12.6 Å². The number of imidazole rings is 1. The number of hydrogen-bond acceptors (Lipinski definition) is 3. The number of fused-ring (bicyclic) bond motifs is 1. The van der Waals surface area contributed by atoms with E-state index in [1.165, 1.54) is 43.7 Å². The van der Waals surface area contributed by atoms with E-state index in [-0.39, 0.29) is 12.6 Å². The SMILES string of the molecule is CC(C)N1CCCCC1Cc1ncc2n1C(CO)CCC2. The molecule has 1 N–H and O–H groups in total. The first-order valence-electron chi connectivity index (χ1n) is 8.62. The van der Waals surface area contributed by atoms with Gasteiger partial charge in [0.25, 0.3) is 0 Å². The molecule has 0 saturated carbocycles. The first kappa shape index (κ1) is 15.0. The molecule has 0 aromatic carbocycles. The Morgan fingerprint density at radius 2 is 2.05 bits per heavy atom. The second-order valence-corrected chi connectivity index (χ2v) is 6.95. The van der Waals surface area contributed by atoms with Gasteiger partial charge in [0.1, 0.15) is 5.82 Å². The number of aliphatic hydroxyl groups is 1. The zero-order valence-electron chi connectivity index (χ0n) is 13.5. The van der Waals surface area contributed by atoms with E-state index < -0.39 is 0 Å². The number of rotatable bonds is 4. The molecule has 1 aromatic rings. The summed E-state index contributed by atoms with van der Waals surface area (Å²) in [4.78, 5) is 7.35. The van der Waals surface area contributed by atoms with Crippen LogP contribution >= 0.6 is 0 Å². The normalized spacial score (nSPS) is 27.0. The van der Waals surface area contributed by atoms with Crippen LogP contribution in [0.15, 0.2) is 6.20 Å². The second-order valence-electron chi connectivity index (χ2n) is 6.95. The molecule has 3 rings (SSSR count). The summed E-state index contributed by atoms with van der Waals surface area (Å²) in [6.07, 6.45) is 10.4. The van der Waals surface area contributed by atoms with Gasteiger partial charge in [0.15, 0.2) is 0 Å². The van der Waals surface area contributed by atoms with Crippen molar-refractivity contribution in [3.05, 3.63) is 17.7 Å². The highest BCUT2D eigenvalue weighted by Gasteiger charge is 2.28. The van der Waals surface area contributed by atoms with Crippen molar-refractivity contribution in [2.75, 3.05) is 13.2 Å².